The zero-order valence-electron chi connectivity index (χ0n) is 16.5. The van der Waals surface area contributed by atoms with Crippen LogP contribution < -0.4 is 19.6 Å². The Morgan fingerprint density at radius 3 is 2.68 bits per heavy atom. The number of benzene rings is 3. The van der Waals surface area contributed by atoms with Crippen molar-refractivity contribution in [3.8, 4) is 11.5 Å². The van der Waals surface area contributed by atoms with Crippen LogP contribution in [0.2, 0.25) is 0 Å². The molecule has 5 aromatic rings. The first-order chi connectivity index (χ1) is 15.1. The highest BCUT2D eigenvalue weighted by Crippen LogP contribution is 2.32. The van der Waals surface area contributed by atoms with Crippen molar-refractivity contribution in [1.29, 1.82) is 0 Å². The number of ether oxygens (including phenoxy) is 2. The molecule has 0 atom stereocenters. The number of para-hydroxylation sites is 3. The van der Waals surface area contributed by atoms with Gasteiger partial charge in [-0.15, -0.1) is 0 Å². The molecule has 2 aromatic heterocycles. The summed E-state index contributed by atoms with van der Waals surface area (Å²) in [4.78, 5) is 18.4. The number of rotatable bonds is 5. The summed E-state index contributed by atoms with van der Waals surface area (Å²) in [6, 6.07) is 21.2. The molecular formula is C24H17BrN2O3S. The third-order valence-electron chi connectivity index (χ3n) is 4.96. The zero-order valence-corrected chi connectivity index (χ0v) is 18.9. The molecule has 5 nitrogen and oxygen atoms in total. The predicted octanol–water partition coefficient (Wildman–Crippen LogP) is 4.81. The van der Waals surface area contributed by atoms with Gasteiger partial charge >= 0.3 is 0 Å². The Bertz CT molecular complexity index is 1510. The molecule has 3 aromatic carbocycles. The van der Waals surface area contributed by atoms with Crippen molar-refractivity contribution in [3.63, 3.8) is 0 Å². The smallest absolute Gasteiger partial charge is 0.274 e. The van der Waals surface area contributed by atoms with Gasteiger partial charge in [-0.2, -0.15) is 0 Å². The van der Waals surface area contributed by atoms with Gasteiger partial charge in [0.15, 0.2) is 16.5 Å². The maximum absolute atomic E-state index is 13.1. The fraction of sp³-hybridized carbons (Fsp3) is 0.0833. The van der Waals surface area contributed by atoms with E-state index >= 15 is 0 Å². The third-order valence-corrected chi connectivity index (χ3v) is 6.45. The van der Waals surface area contributed by atoms with Gasteiger partial charge in [-0.25, -0.2) is 9.38 Å². The van der Waals surface area contributed by atoms with Gasteiger partial charge in [0.05, 0.1) is 22.7 Å². The Morgan fingerprint density at radius 2 is 1.87 bits per heavy atom. The van der Waals surface area contributed by atoms with Crippen molar-refractivity contribution in [2.75, 3.05) is 7.11 Å². The van der Waals surface area contributed by atoms with Gasteiger partial charge in [-0.1, -0.05) is 63.7 Å². The molecule has 0 aliphatic carbocycles. The van der Waals surface area contributed by atoms with E-state index in [4.69, 9.17) is 9.47 Å². The number of hydrogen-bond acceptors (Lipinski definition) is 5. The molecule has 0 spiro atoms. The second-order valence-electron chi connectivity index (χ2n) is 6.93. The molecule has 0 saturated heterocycles. The summed E-state index contributed by atoms with van der Waals surface area (Å²) in [5.41, 5.74) is 3.36. The number of fused-ring (bicyclic) bond motifs is 3. The maximum Gasteiger partial charge on any atom is 0.274 e. The number of halogens is 1. The van der Waals surface area contributed by atoms with E-state index < -0.39 is 0 Å². The number of methoxy groups -OCH3 is 1. The highest BCUT2D eigenvalue weighted by molar-refractivity contribution is 9.10. The first-order valence-electron chi connectivity index (χ1n) is 9.60. The van der Waals surface area contributed by atoms with Gasteiger partial charge in [-0.05, 0) is 42.0 Å². The molecule has 0 N–H and O–H groups in total. The topological polar surface area (TPSA) is 52.8 Å². The molecule has 0 bridgehead atoms. The minimum Gasteiger partial charge on any atom is -0.493 e. The zero-order chi connectivity index (χ0) is 21.4. The molecular weight excluding hydrogens is 476 g/mol. The fourth-order valence-electron chi connectivity index (χ4n) is 3.45. The quantitative estimate of drug-likeness (QED) is 0.353. The molecule has 154 valence electrons. The molecule has 0 radical (unpaired) electrons. The van der Waals surface area contributed by atoms with Crippen molar-refractivity contribution in [2.45, 2.75) is 6.61 Å². The van der Waals surface area contributed by atoms with Crippen LogP contribution in [0.4, 0.5) is 0 Å². The van der Waals surface area contributed by atoms with Crippen LogP contribution in [0.5, 0.6) is 11.5 Å². The van der Waals surface area contributed by atoms with Crippen LogP contribution in [0, 0.1) is 0 Å². The summed E-state index contributed by atoms with van der Waals surface area (Å²) < 4.78 is 14.9. The molecule has 0 unspecified atom stereocenters. The first kappa shape index (κ1) is 19.8. The lowest BCUT2D eigenvalue weighted by Gasteiger charge is -2.13. The molecule has 0 fully saturated rings. The van der Waals surface area contributed by atoms with Crippen molar-refractivity contribution in [1.82, 2.24) is 9.38 Å². The first-order valence-corrected chi connectivity index (χ1v) is 11.2. The van der Waals surface area contributed by atoms with Gasteiger partial charge in [0.1, 0.15) is 6.61 Å². The number of aromatic nitrogens is 2. The van der Waals surface area contributed by atoms with E-state index in [0.717, 1.165) is 26.6 Å². The standard InChI is InChI=1S/C24H17BrN2O3S/c1-29-20-8-4-5-16(22(20)30-14-15-9-11-17(25)12-10-15)13-21-23(28)27-19-7-3-2-6-18(19)26-24(27)31-21/h2-13H,14H2,1H3/b21-13-. The van der Waals surface area contributed by atoms with Crippen molar-refractivity contribution < 1.29 is 9.47 Å². The summed E-state index contributed by atoms with van der Waals surface area (Å²) in [6.45, 7) is 0.386. The fourth-order valence-corrected chi connectivity index (χ4v) is 4.69. The van der Waals surface area contributed by atoms with Crippen LogP contribution in [0.1, 0.15) is 11.1 Å². The van der Waals surface area contributed by atoms with Crippen LogP contribution >= 0.6 is 27.3 Å². The molecule has 0 amide bonds. The lowest BCUT2D eigenvalue weighted by atomic mass is 10.1. The lowest BCUT2D eigenvalue weighted by molar-refractivity contribution is 0.284. The number of nitrogens with zero attached hydrogens (tertiary/aromatic N) is 2. The van der Waals surface area contributed by atoms with E-state index in [9.17, 15) is 4.79 Å². The Hall–Kier alpha value is -3.16. The SMILES string of the molecule is COc1cccc(/C=c2\sc3nc4ccccc4n3c2=O)c1OCc1ccc(Br)cc1. The average molecular weight is 493 g/mol. The largest absolute Gasteiger partial charge is 0.493 e. The maximum atomic E-state index is 13.1. The number of hydrogen-bond donors (Lipinski definition) is 0. The Morgan fingerprint density at radius 1 is 1.06 bits per heavy atom. The van der Waals surface area contributed by atoms with Crippen LogP contribution in [0.15, 0.2) is 76.0 Å². The van der Waals surface area contributed by atoms with Gasteiger partial charge in [0.25, 0.3) is 5.56 Å². The summed E-state index contributed by atoms with van der Waals surface area (Å²) in [7, 11) is 1.61. The Kier molecular flexibility index (Phi) is 5.21. The van der Waals surface area contributed by atoms with Gasteiger partial charge in [-0.3, -0.25) is 4.79 Å². The summed E-state index contributed by atoms with van der Waals surface area (Å²) in [5.74, 6) is 1.22. The Balaban J connectivity index is 1.58. The lowest BCUT2D eigenvalue weighted by Crippen LogP contribution is -2.22. The summed E-state index contributed by atoms with van der Waals surface area (Å²) >= 11 is 4.81. The molecule has 5 rings (SSSR count). The molecule has 2 heterocycles. The van der Waals surface area contributed by atoms with Crippen molar-refractivity contribution in [2.24, 2.45) is 0 Å². The Labute approximate surface area is 190 Å². The van der Waals surface area contributed by atoms with Gasteiger partial charge in [0.2, 0.25) is 0 Å². The van der Waals surface area contributed by atoms with E-state index in [2.05, 4.69) is 20.9 Å². The molecule has 7 heteroatoms. The normalized spacial score (nSPS) is 12.0. The van der Waals surface area contributed by atoms with Crippen LogP contribution in [-0.2, 0) is 6.61 Å². The number of imidazole rings is 1. The average Bonchev–Trinajstić information content (AvgIpc) is 3.30. The van der Waals surface area contributed by atoms with E-state index in [1.165, 1.54) is 11.3 Å². The van der Waals surface area contributed by atoms with Crippen LogP contribution in [0.3, 0.4) is 0 Å². The van der Waals surface area contributed by atoms with E-state index in [1.54, 1.807) is 11.5 Å². The van der Waals surface area contributed by atoms with Crippen LogP contribution in [0.25, 0.3) is 22.1 Å². The summed E-state index contributed by atoms with van der Waals surface area (Å²) in [6.07, 6.45) is 1.84. The predicted molar refractivity (Wildman–Crippen MR) is 127 cm³/mol. The molecule has 31 heavy (non-hydrogen) atoms. The minimum atomic E-state index is -0.0876. The van der Waals surface area contributed by atoms with Gasteiger partial charge < -0.3 is 9.47 Å². The van der Waals surface area contributed by atoms with Crippen molar-refractivity contribution >= 4 is 49.3 Å². The molecule has 0 saturated carbocycles. The number of thiazole rings is 1. The minimum absolute atomic E-state index is 0.0876. The second kappa shape index (κ2) is 8.17. The van der Waals surface area contributed by atoms with E-state index in [1.807, 2.05) is 72.8 Å². The highest BCUT2D eigenvalue weighted by Gasteiger charge is 2.13. The summed E-state index contributed by atoms with van der Waals surface area (Å²) in [5, 5.41) is 0. The van der Waals surface area contributed by atoms with Crippen LogP contribution in [-0.4, -0.2) is 16.5 Å². The third kappa shape index (κ3) is 3.71. The molecule has 0 aliphatic rings. The monoisotopic (exact) mass is 492 g/mol. The molecule has 0 aliphatic heterocycles. The van der Waals surface area contributed by atoms with E-state index in [0.29, 0.717) is 27.6 Å². The second-order valence-corrected chi connectivity index (χ2v) is 8.85. The van der Waals surface area contributed by atoms with Gasteiger partial charge in [0, 0.05) is 10.0 Å². The highest BCUT2D eigenvalue weighted by atomic mass is 79.9. The van der Waals surface area contributed by atoms with E-state index in [-0.39, 0.29) is 5.56 Å². The van der Waals surface area contributed by atoms with Crippen molar-refractivity contribution in [3.05, 3.63) is 97.2 Å².